The van der Waals surface area contributed by atoms with Crippen LogP contribution in [0.5, 0.6) is 5.75 Å². The number of ether oxygens (including phenoxy) is 1. The Morgan fingerprint density at radius 3 is 2.28 bits per heavy atom. The number of benzene rings is 2. The molecule has 1 saturated heterocycles. The van der Waals surface area contributed by atoms with Gasteiger partial charge >= 0.3 is 6.03 Å². The van der Waals surface area contributed by atoms with Crippen LogP contribution in [0.2, 0.25) is 0 Å². The van der Waals surface area contributed by atoms with E-state index in [1.54, 1.807) is 31.4 Å². The Balaban J connectivity index is 1.79. The van der Waals surface area contributed by atoms with Crippen LogP contribution in [0.3, 0.4) is 0 Å². The molecule has 3 rings (SSSR count). The number of hydrogen-bond acceptors (Lipinski definition) is 4. The zero-order valence-electron chi connectivity index (χ0n) is 17.0. The second-order valence-electron chi connectivity index (χ2n) is 7.23. The lowest BCUT2D eigenvalue weighted by molar-refractivity contribution is -0.134. The quantitative estimate of drug-likeness (QED) is 0.736. The highest BCUT2D eigenvalue weighted by Crippen LogP contribution is 2.33. The van der Waals surface area contributed by atoms with E-state index in [1.807, 2.05) is 39.0 Å². The third kappa shape index (κ3) is 3.94. The molecule has 29 heavy (non-hydrogen) atoms. The van der Waals surface area contributed by atoms with Crippen LogP contribution in [0.4, 0.5) is 10.5 Å². The molecule has 1 atom stereocenters. The molecule has 2 N–H and O–H groups in total. The summed E-state index contributed by atoms with van der Waals surface area (Å²) in [6, 6.07) is 12.1. The number of aryl methyl sites for hydroxylation is 2. The van der Waals surface area contributed by atoms with Crippen molar-refractivity contribution in [3.63, 3.8) is 0 Å². The summed E-state index contributed by atoms with van der Waals surface area (Å²) in [7, 11) is 1.56. The number of methoxy groups -OCH3 is 1. The Kier molecular flexibility index (Phi) is 5.59. The first-order chi connectivity index (χ1) is 13.8. The van der Waals surface area contributed by atoms with E-state index in [9.17, 15) is 14.4 Å². The van der Waals surface area contributed by atoms with Crippen molar-refractivity contribution in [2.24, 2.45) is 0 Å². The highest BCUT2D eigenvalue weighted by Gasteiger charge is 2.51. The maximum atomic E-state index is 13.2. The van der Waals surface area contributed by atoms with Crippen molar-refractivity contribution in [1.29, 1.82) is 0 Å². The van der Waals surface area contributed by atoms with Crippen LogP contribution in [-0.2, 0) is 15.1 Å². The van der Waals surface area contributed by atoms with Crippen LogP contribution >= 0.6 is 0 Å². The SMILES string of the molecule is CC[C@@]1(c2ccc(OC)cc2)NC(=O)N(CC(=O)Nc2cc(C)cc(C)c2)C1=O. The fourth-order valence-corrected chi connectivity index (χ4v) is 3.68. The standard InChI is InChI=1S/C22H25N3O4/c1-5-22(16-6-8-18(29-4)9-7-16)20(27)25(21(28)24-22)13-19(26)23-17-11-14(2)10-15(3)12-17/h6-12H,5,13H2,1-4H3,(H,23,26)(H,24,28)/t22-/m0/s1. The number of nitrogens with zero attached hydrogens (tertiary/aromatic N) is 1. The van der Waals surface area contributed by atoms with Gasteiger partial charge in [-0.1, -0.05) is 25.1 Å². The number of carbonyl (C=O) groups is 3. The highest BCUT2D eigenvalue weighted by atomic mass is 16.5. The number of rotatable bonds is 6. The fraction of sp³-hybridized carbons (Fsp3) is 0.318. The molecule has 7 heteroatoms. The summed E-state index contributed by atoms with van der Waals surface area (Å²) in [6.45, 7) is 5.34. The third-order valence-electron chi connectivity index (χ3n) is 5.10. The van der Waals surface area contributed by atoms with Gasteiger partial charge < -0.3 is 15.4 Å². The zero-order valence-corrected chi connectivity index (χ0v) is 17.0. The molecule has 0 aliphatic carbocycles. The fourth-order valence-electron chi connectivity index (χ4n) is 3.68. The molecule has 0 radical (unpaired) electrons. The summed E-state index contributed by atoms with van der Waals surface area (Å²) in [5.41, 5.74) is 2.12. The van der Waals surface area contributed by atoms with Crippen LogP contribution in [0.1, 0.15) is 30.0 Å². The van der Waals surface area contributed by atoms with Gasteiger partial charge in [0.25, 0.3) is 5.91 Å². The summed E-state index contributed by atoms with van der Waals surface area (Å²) < 4.78 is 5.16. The zero-order chi connectivity index (χ0) is 21.2. The molecule has 1 heterocycles. The second-order valence-corrected chi connectivity index (χ2v) is 7.23. The summed E-state index contributed by atoms with van der Waals surface area (Å²) in [4.78, 5) is 39.2. The van der Waals surface area contributed by atoms with Crippen molar-refractivity contribution in [1.82, 2.24) is 10.2 Å². The summed E-state index contributed by atoms with van der Waals surface area (Å²) in [5, 5.41) is 5.54. The number of carbonyl (C=O) groups excluding carboxylic acids is 3. The summed E-state index contributed by atoms with van der Waals surface area (Å²) in [5.74, 6) is -0.215. The van der Waals surface area contributed by atoms with Crippen molar-refractivity contribution in [3.05, 3.63) is 59.2 Å². The minimum absolute atomic E-state index is 0.352. The van der Waals surface area contributed by atoms with Gasteiger partial charge in [0.2, 0.25) is 5.91 Å². The Labute approximate surface area is 170 Å². The van der Waals surface area contributed by atoms with E-state index in [2.05, 4.69) is 10.6 Å². The molecule has 2 aromatic carbocycles. The molecule has 0 spiro atoms. The van der Waals surface area contributed by atoms with Gasteiger partial charge in [-0.15, -0.1) is 0 Å². The first-order valence-electron chi connectivity index (χ1n) is 9.46. The van der Waals surface area contributed by atoms with E-state index in [4.69, 9.17) is 4.74 Å². The van der Waals surface area contributed by atoms with Crippen molar-refractivity contribution >= 4 is 23.5 Å². The first-order valence-corrected chi connectivity index (χ1v) is 9.46. The van der Waals surface area contributed by atoms with Gasteiger partial charge in [-0.2, -0.15) is 0 Å². The van der Waals surface area contributed by atoms with Gasteiger partial charge in [0.05, 0.1) is 7.11 Å². The number of urea groups is 1. The van der Waals surface area contributed by atoms with Crippen molar-refractivity contribution < 1.29 is 19.1 Å². The number of nitrogens with one attached hydrogen (secondary N) is 2. The summed E-state index contributed by atoms with van der Waals surface area (Å²) >= 11 is 0. The Morgan fingerprint density at radius 1 is 1.10 bits per heavy atom. The molecular weight excluding hydrogens is 370 g/mol. The topological polar surface area (TPSA) is 87.7 Å². The maximum absolute atomic E-state index is 13.2. The number of anilines is 1. The van der Waals surface area contributed by atoms with E-state index < -0.39 is 23.4 Å². The minimum atomic E-state index is -1.19. The van der Waals surface area contributed by atoms with E-state index in [0.717, 1.165) is 16.0 Å². The van der Waals surface area contributed by atoms with Gasteiger partial charge in [0, 0.05) is 5.69 Å². The van der Waals surface area contributed by atoms with Crippen molar-refractivity contribution in [2.45, 2.75) is 32.7 Å². The van der Waals surface area contributed by atoms with Crippen molar-refractivity contribution in [3.8, 4) is 5.75 Å². The minimum Gasteiger partial charge on any atom is -0.497 e. The third-order valence-corrected chi connectivity index (χ3v) is 5.10. The molecule has 0 unspecified atom stereocenters. The lowest BCUT2D eigenvalue weighted by Crippen LogP contribution is -2.44. The van der Waals surface area contributed by atoms with Crippen LogP contribution in [0.15, 0.2) is 42.5 Å². The van der Waals surface area contributed by atoms with E-state index >= 15 is 0 Å². The van der Waals surface area contributed by atoms with Crippen LogP contribution in [-0.4, -0.2) is 36.4 Å². The number of amides is 4. The molecule has 152 valence electrons. The average molecular weight is 395 g/mol. The van der Waals surface area contributed by atoms with Gasteiger partial charge in [-0.3, -0.25) is 14.5 Å². The Morgan fingerprint density at radius 2 is 1.72 bits per heavy atom. The summed E-state index contributed by atoms with van der Waals surface area (Å²) in [6.07, 6.45) is 0.360. The molecule has 2 aromatic rings. The largest absolute Gasteiger partial charge is 0.497 e. The van der Waals surface area contributed by atoms with Gasteiger partial charge in [0.1, 0.15) is 17.8 Å². The first kappa shape index (κ1) is 20.4. The Hall–Kier alpha value is -3.35. The molecule has 4 amide bonds. The predicted octanol–water partition coefficient (Wildman–Crippen LogP) is 3.11. The smallest absolute Gasteiger partial charge is 0.325 e. The molecular formula is C22H25N3O4. The molecule has 7 nitrogen and oxygen atoms in total. The van der Waals surface area contributed by atoms with E-state index in [1.165, 1.54) is 0 Å². The monoisotopic (exact) mass is 395 g/mol. The lowest BCUT2D eigenvalue weighted by atomic mass is 9.87. The normalized spacial score (nSPS) is 18.6. The van der Waals surface area contributed by atoms with Crippen LogP contribution < -0.4 is 15.4 Å². The lowest BCUT2D eigenvalue weighted by Gasteiger charge is -2.26. The molecule has 0 aromatic heterocycles. The van der Waals surface area contributed by atoms with Crippen LogP contribution in [0, 0.1) is 13.8 Å². The molecule has 1 fully saturated rings. The molecule has 1 aliphatic heterocycles. The highest BCUT2D eigenvalue weighted by molar-refractivity contribution is 6.10. The average Bonchev–Trinajstić information content (AvgIpc) is 2.92. The Bertz CT molecular complexity index is 935. The van der Waals surface area contributed by atoms with Gasteiger partial charge in [0.15, 0.2) is 0 Å². The second kappa shape index (κ2) is 7.95. The van der Waals surface area contributed by atoms with E-state index in [-0.39, 0.29) is 6.54 Å². The van der Waals surface area contributed by atoms with E-state index in [0.29, 0.717) is 23.4 Å². The van der Waals surface area contributed by atoms with Gasteiger partial charge in [-0.25, -0.2) is 4.79 Å². The maximum Gasteiger partial charge on any atom is 0.325 e. The van der Waals surface area contributed by atoms with Crippen molar-refractivity contribution in [2.75, 3.05) is 19.0 Å². The molecule has 1 aliphatic rings. The van der Waals surface area contributed by atoms with Crippen LogP contribution in [0.25, 0.3) is 0 Å². The van der Waals surface area contributed by atoms with Gasteiger partial charge in [-0.05, 0) is 61.2 Å². The molecule has 0 bridgehead atoms. The number of hydrogen-bond donors (Lipinski definition) is 2. The predicted molar refractivity (Wildman–Crippen MR) is 110 cm³/mol. The number of imide groups is 1. The molecule has 0 saturated carbocycles.